The van der Waals surface area contributed by atoms with Gasteiger partial charge in [-0.15, -0.1) is 0 Å². The number of nitrogens with two attached hydrogens (primary N) is 1. The largest absolute Gasteiger partial charge is 0.544 e. The second-order valence-electron chi connectivity index (χ2n) is 8.00. The van der Waals surface area contributed by atoms with Crippen molar-refractivity contribution < 1.29 is 24.7 Å². The third-order valence-corrected chi connectivity index (χ3v) is 3.21. The molecule has 0 heterocycles. The van der Waals surface area contributed by atoms with Gasteiger partial charge in [-0.1, -0.05) is 27.7 Å². The third kappa shape index (κ3) is 11.9. The van der Waals surface area contributed by atoms with Crippen molar-refractivity contribution in [3.05, 3.63) is 0 Å². The first-order chi connectivity index (χ1) is 10.4. The van der Waals surface area contributed by atoms with Crippen LogP contribution in [0.4, 0.5) is 4.79 Å². The fraction of sp³-hybridized carbons (Fsp3) is 0.882. The number of carboxylic acid groups (broad SMARTS) is 1. The Labute approximate surface area is 140 Å². The summed E-state index contributed by atoms with van der Waals surface area (Å²) in [4.78, 5) is 23.2. The maximum Gasteiger partial charge on any atom is 0.408 e. The lowest BCUT2D eigenvalue weighted by molar-refractivity contribution is -0.686. The number of carbonyl (C=O) groups is 2. The van der Waals surface area contributed by atoms with Crippen LogP contribution in [-0.2, 0) is 9.53 Å². The van der Waals surface area contributed by atoms with Crippen LogP contribution in [0.25, 0.3) is 0 Å². The smallest absolute Gasteiger partial charge is 0.408 e. The molecule has 0 radical (unpaired) electrons. The van der Waals surface area contributed by atoms with Crippen LogP contribution >= 0.6 is 0 Å². The van der Waals surface area contributed by atoms with Gasteiger partial charge in [-0.25, -0.2) is 4.79 Å². The number of hydrogen-bond donors (Lipinski definition) is 2. The van der Waals surface area contributed by atoms with Crippen molar-refractivity contribution >= 4 is 12.1 Å². The molecule has 0 aromatic rings. The molecule has 6 heteroatoms. The molecule has 2 atom stereocenters. The van der Waals surface area contributed by atoms with Gasteiger partial charge in [0.25, 0.3) is 0 Å². The van der Waals surface area contributed by atoms with Crippen molar-refractivity contribution in [1.29, 1.82) is 0 Å². The molecule has 6 nitrogen and oxygen atoms in total. The summed E-state index contributed by atoms with van der Waals surface area (Å²) in [7, 11) is 0. The van der Waals surface area contributed by atoms with Crippen molar-refractivity contribution in [3.63, 3.8) is 0 Å². The van der Waals surface area contributed by atoms with Crippen LogP contribution in [0.15, 0.2) is 0 Å². The monoisotopic (exact) mass is 330 g/mol. The number of carbonyl (C=O) groups excluding carboxylic acids is 2. The van der Waals surface area contributed by atoms with E-state index >= 15 is 0 Å². The Kier molecular flexibility index (Phi) is 9.20. The number of ether oxygens (including phenoxy) is 1. The van der Waals surface area contributed by atoms with Crippen LogP contribution in [0, 0.1) is 11.8 Å². The normalized spacial score (nSPS) is 14.7. The van der Waals surface area contributed by atoms with Crippen LogP contribution in [0.3, 0.4) is 0 Å². The molecule has 0 unspecified atom stereocenters. The van der Waals surface area contributed by atoms with Crippen LogP contribution in [-0.4, -0.2) is 36.3 Å². The molecule has 0 spiro atoms. The zero-order chi connectivity index (χ0) is 18.2. The Morgan fingerprint density at radius 1 is 1.09 bits per heavy atom. The summed E-state index contributed by atoms with van der Waals surface area (Å²) in [6, 6.07) is -0.732. The summed E-state index contributed by atoms with van der Waals surface area (Å²) in [5, 5.41) is 15.8. The Morgan fingerprint density at radius 3 is 2.00 bits per heavy atom. The predicted molar refractivity (Wildman–Crippen MR) is 87.7 cm³/mol. The molecule has 0 rings (SSSR count). The van der Waals surface area contributed by atoms with Gasteiger partial charge in [-0.2, -0.15) is 0 Å². The van der Waals surface area contributed by atoms with Gasteiger partial charge in [-0.3, -0.25) is 0 Å². The average molecular weight is 330 g/mol. The lowest BCUT2D eigenvalue weighted by Crippen LogP contribution is -2.95. The minimum absolute atomic E-state index is 0.140. The lowest BCUT2D eigenvalue weighted by Gasteiger charge is -2.26. The fourth-order valence-electron chi connectivity index (χ4n) is 2.38. The van der Waals surface area contributed by atoms with Gasteiger partial charge in [0.1, 0.15) is 11.6 Å². The Balaban J connectivity index is 4.65. The van der Waals surface area contributed by atoms with E-state index < -0.39 is 23.7 Å². The van der Waals surface area contributed by atoms with Crippen molar-refractivity contribution in [3.8, 4) is 0 Å². The molecule has 136 valence electrons. The van der Waals surface area contributed by atoms with Crippen molar-refractivity contribution in [2.45, 2.75) is 79.0 Å². The first-order valence-corrected chi connectivity index (χ1v) is 8.44. The molecule has 0 saturated carbocycles. The molecule has 23 heavy (non-hydrogen) atoms. The molecule has 0 bridgehead atoms. The van der Waals surface area contributed by atoms with E-state index in [2.05, 4.69) is 19.2 Å². The van der Waals surface area contributed by atoms with Gasteiger partial charge < -0.3 is 25.3 Å². The summed E-state index contributed by atoms with van der Waals surface area (Å²) in [6.07, 6.45) is 0.839. The fourth-order valence-corrected chi connectivity index (χ4v) is 2.38. The topological polar surface area (TPSA) is 95.1 Å². The van der Waals surface area contributed by atoms with Gasteiger partial charge in [0.15, 0.2) is 0 Å². The summed E-state index contributed by atoms with van der Waals surface area (Å²) < 4.78 is 5.28. The molecule has 0 saturated heterocycles. The Bertz CT molecular complexity index is 375. The van der Waals surface area contributed by atoms with Gasteiger partial charge >= 0.3 is 6.09 Å². The van der Waals surface area contributed by atoms with E-state index in [-0.39, 0.29) is 12.0 Å². The highest BCUT2D eigenvalue weighted by atomic mass is 16.6. The highest BCUT2D eigenvalue weighted by molar-refractivity contribution is 5.69. The molecule has 0 aliphatic rings. The second kappa shape index (κ2) is 9.75. The summed E-state index contributed by atoms with van der Waals surface area (Å²) >= 11 is 0. The van der Waals surface area contributed by atoms with Crippen molar-refractivity contribution in [1.82, 2.24) is 5.32 Å². The minimum atomic E-state index is -1.06. The minimum Gasteiger partial charge on any atom is -0.544 e. The van der Waals surface area contributed by atoms with Gasteiger partial charge in [0.05, 0.1) is 18.6 Å². The first kappa shape index (κ1) is 21.7. The van der Waals surface area contributed by atoms with E-state index in [0.717, 1.165) is 6.42 Å². The van der Waals surface area contributed by atoms with E-state index in [9.17, 15) is 14.7 Å². The molecular formula is C17H34N2O4. The number of aliphatic carboxylic acids is 1. The predicted octanol–water partition coefficient (Wildman–Crippen LogP) is 0.654. The van der Waals surface area contributed by atoms with Gasteiger partial charge in [0.2, 0.25) is 0 Å². The summed E-state index contributed by atoms with van der Waals surface area (Å²) in [5.41, 5.74) is -0.554. The Hall–Kier alpha value is -1.30. The number of carboxylic acids is 1. The van der Waals surface area contributed by atoms with E-state index in [1.807, 2.05) is 34.6 Å². The summed E-state index contributed by atoms with van der Waals surface area (Å²) in [6.45, 7) is 14.0. The molecule has 0 aliphatic carbocycles. The molecule has 3 N–H and O–H groups in total. The number of rotatable bonds is 9. The third-order valence-electron chi connectivity index (χ3n) is 3.21. The molecule has 1 amide bonds. The number of alkyl carbamates (subject to hydrolysis) is 1. The number of nitrogens with one attached hydrogen (secondary N) is 1. The highest BCUT2D eigenvalue weighted by Gasteiger charge is 2.23. The molecule has 0 aromatic carbocycles. The van der Waals surface area contributed by atoms with E-state index in [4.69, 9.17) is 4.74 Å². The summed E-state index contributed by atoms with van der Waals surface area (Å²) in [5.74, 6) is -0.398. The lowest BCUT2D eigenvalue weighted by atomic mass is 10.0. The molecular weight excluding hydrogens is 296 g/mol. The second-order valence-corrected chi connectivity index (χ2v) is 8.00. The Morgan fingerprint density at radius 2 is 1.61 bits per heavy atom. The zero-order valence-electron chi connectivity index (χ0n) is 15.6. The van der Waals surface area contributed by atoms with Crippen LogP contribution < -0.4 is 15.7 Å². The standard InChI is InChI=1S/C17H34N2O4/c1-11(2)8-13(19-16(22)23-17(5,6)7)10-18-14(15(20)21)9-12(3)4/h11-14,18H,8-10H2,1-7H3,(H,19,22)(H,20,21)/t13-,14-/m0/s1. The number of hydrogen-bond acceptors (Lipinski definition) is 4. The number of quaternary nitrogens is 1. The van der Waals surface area contributed by atoms with Crippen LogP contribution in [0.5, 0.6) is 0 Å². The highest BCUT2D eigenvalue weighted by Crippen LogP contribution is 2.09. The quantitative estimate of drug-likeness (QED) is 0.649. The maximum absolute atomic E-state index is 11.9. The van der Waals surface area contributed by atoms with Gasteiger partial charge in [-0.05, 0) is 39.0 Å². The van der Waals surface area contributed by atoms with Crippen molar-refractivity contribution in [2.75, 3.05) is 6.54 Å². The van der Waals surface area contributed by atoms with Crippen LogP contribution in [0.2, 0.25) is 0 Å². The molecule has 0 aromatic heterocycles. The maximum atomic E-state index is 11.9. The van der Waals surface area contributed by atoms with Gasteiger partial charge in [0, 0.05) is 6.42 Å². The molecule has 0 fully saturated rings. The zero-order valence-corrected chi connectivity index (χ0v) is 15.6. The van der Waals surface area contributed by atoms with Crippen LogP contribution in [0.1, 0.15) is 61.3 Å². The van der Waals surface area contributed by atoms with E-state index in [0.29, 0.717) is 18.9 Å². The van der Waals surface area contributed by atoms with E-state index in [1.54, 1.807) is 5.32 Å². The number of amides is 1. The average Bonchev–Trinajstić information content (AvgIpc) is 2.29. The SMILES string of the molecule is CC(C)C[C@@H](C[NH2+][C@@H](CC(C)C)C(=O)[O-])NC(=O)OC(C)(C)C. The van der Waals surface area contributed by atoms with Crippen molar-refractivity contribution in [2.24, 2.45) is 11.8 Å². The molecule has 0 aliphatic heterocycles. The first-order valence-electron chi connectivity index (χ1n) is 8.44. The van der Waals surface area contributed by atoms with E-state index in [1.165, 1.54) is 0 Å².